The zero-order valence-electron chi connectivity index (χ0n) is 11.8. The Hall–Kier alpha value is -1.57. The number of aliphatic hydroxyl groups is 1. The summed E-state index contributed by atoms with van der Waals surface area (Å²) in [6, 6.07) is 9.00. The molecule has 21 heavy (non-hydrogen) atoms. The van der Waals surface area contributed by atoms with E-state index in [0.29, 0.717) is 10.6 Å². The maximum absolute atomic E-state index is 12.4. The third-order valence-electron chi connectivity index (χ3n) is 3.95. The first-order valence-electron chi connectivity index (χ1n) is 7.21. The van der Waals surface area contributed by atoms with Crippen LogP contribution in [0.25, 0.3) is 0 Å². The second-order valence-corrected chi connectivity index (χ2v) is 5.83. The van der Waals surface area contributed by atoms with E-state index >= 15 is 0 Å². The Bertz CT molecular complexity index is 518. The third kappa shape index (κ3) is 4.20. The van der Waals surface area contributed by atoms with Crippen LogP contribution in [0, 0.1) is 11.3 Å². The molecule has 1 unspecified atom stereocenters. The van der Waals surface area contributed by atoms with Gasteiger partial charge in [0.15, 0.2) is 0 Å². The van der Waals surface area contributed by atoms with E-state index in [9.17, 15) is 9.90 Å². The van der Waals surface area contributed by atoms with E-state index in [2.05, 4.69) is 6.07 Å². The molecule has 1 amide bonds. The maximum atomic E-state index is 12.4. The quantitative estimate of drug-likeness (QED) is 0.850. The largest absolute Gasteiger partial charge is 0.388 e. The van der Waals surface area contributed by atoms with Gasteiger partial charge in [0.2, 0.25) is 5.91 Å². The number of hydrogen-bond donors (Lipinski definition) is 1. The lowest BCUT2D eigenvalue weighted by atomic mass is 10.1. The third-order valence-corrected chi connectivity index (χ3v) is 4.20. The molecule has 1 fully saturated rings. The van der Waals surface area contributed by atoms with Gasteiger partial charge in [0.05, 0.1) is 18.6 Å². The Kier molecular flexibility index (Phi) is 5.60. The van der Waals surface area contributed by atoms with Crippen molar-refractivity contribution in [1.82, 2.24) is 4.90 Å². The predicted octanol–water partition coefficient (Wildman–Crippen LogP) is 3.06. The van der Waals surface area contributed by atoms with Crippen molar-refractivity contribution in [2.75, 3.05) is 6.54 Å². The zero-order chi connectivity index (χ0) is 15.2. The summed E-state index contributed by atoms with van der Waals surface area (Å²) in [5.74, 6) is -0.161. The molecule has 112 valence electrons. The van der Waals surface area contributed by atoms with Gasteiger partial charge in [-0.2, -0.15) is 5.26 Å². The van der Waals surface area contributed by atoms with Gasteiger partial charge in [-0.15, -0.1) is 0 Å². The molecule has 1 aromatic rings. The Morgan fingerprint density at radius 2 is 2.00 bits per heavy atom. The van der Waals surface area contributed by atoms with Crippen LogP contribution in [0.5, 0.6) is 0 Å². The molecular formula is C16H19ClN2O2. The van der Waals surface area contributed by atoms with E-state index in [1.807, 2.05) is 0 Å². The summed E-state index contributed by atoms with van der Waals surface area (Å²) >= 11 is 5.81. The molecule has 4 nitrogen and oxygen atoms in total. The zero-order valence-corrected chi connectivity index (χ0v) is 12.6. The summed E-state index contributed by atoms with van der Waals surface area (Å²) in [5.41, 5.74) is 0.663. The minimum atomic E-state index is -0.864. The highest BCUT2D eigenvalue weighted by Crippen LogP contribution is 2.26. The summed E-state index contributed by atoms with van der Waals surface area (Å²) < 4.78 is 0. The highest BCUT2D eigenvalue weighted by atomic mass is 35.5. The topological polar surface area (TPSA) is 64.3 Å². The molecule has 0 saturated heterocycles. The molecule has 0 radical (unpaired) electrons. The number of amides is 1. The summed E-state index contributed by atoms with van der Waals surface area (Å²) in [4.78, 5) is 14.0. The lowest BCUT2D eigenvalue weighted by Gasteiger charge is -2.27. The smallest absolute Gasteiger partial charge is 0.226 e. The van der Waals surface area contributed by atoms with Crippen LogP contribution < -0.4 is 0 Å². The Balaban J connectivity index is 2.00. The minimum Gasteiger partial charge on any atom is -0.388 e. The van der Waals surface area contributed by atoms with Gasteiger partial charge in [-0.25, -0.2) is 0 Å². The minimum absolute atomic E-state index is 0.000186. The molecule has 0 bridgehead atoms. The number of carbonyl (C=O) groups excluding carboxylic acids is 1. The van der Waals surface area contributed by atoms with E-state index < -0.39 is 6.10 Å². The molecule has 0 aromatic heterocycles. The number of rotatable bonds is 5. The lowest BCUT2D eigenvalue weighted by Crippen LogP contribution is -2.39. The van der Waals surface area contributed by atoms with Crippen molar-refractivity contribution in [2.24, 2.45) is 0 Å². The lowest BCUT2D eigenvalue weighted by molar-refractivity contribution is -0.134. The van der Waals surface area contributed by atoms with Gasteiger partial charge >= 0.3 is 0 Å². The molecule has 2 rings (SSSR count). The summed E-state index contributed by atoms with van der Waals surface area (Å²) in [5, 5.41) is 19.7. The fraction of sp³-hybridized carbons (Fsp3) is 0.500. The molecule has 0 spiro atoms. The Morgan fingerprint density at radius 3 is 2.57 bits per heavy atom. The molecular weight excluding hydrogens is 288 g/mol. The van der Waals surface area contributed by atoms with Crippen LogP contribution in [-0.4, -0.2) is 28.5 Å². The first-order valence-corrected chi connectivity index (χ1v) is 7.59. The molecule has 0 aliphatic heterocycles. The van der Waals surface area contributed by atoms with Crippen molar-refractivity contribution < 1.29 is 9.90 Å². The second-order valence-electron chi connectivity index (χ2n) is 5.39. The van der Waals surface area contributed by atoms with E-state index in [1.165, 1.54) is 0 Å². The van der Waals surface area contributed by atoms with Crippen LogP contribution in [0.15, 0.2) is 24.3 Å². The van der Waals surface area contributed by atoms with Crippen LogP contribution in [0.1, 0.15) is 43.8 Å². The standard InChI is InChI=1S/C16H19ClN2O2/c17-13-7-5-12(6-8-13)15(20)11-16(21)19(10-9-18)14-3-1-2-4-14/h5-8,14-15,20H,1-4,10-11H2. The van der Waals surface area contributed by atoms with Crippen molar-refractivity contribution in [3.63, 3.8) is 0 Å². The molecule has 1 aliphatic carbocycles. The first kappa shape index (κ1) is 15.8. The fourth-order valence-electron chi connectivity index (χ4n) is 2.80. The van der Waals surface area contributed by atoms with Crippen molar-refractivity contribution in [3.8, 4) is 6.07 Å². The van der Waals surface area contributed by atoms with Gasteiger partial charge in [-0.05, 0) is 30.5 Å². The first-order chi connectivity index (χ1) is 10.1. The maximum Gasteiger partial charge on any atom is 0.226 e. The number of benzene rings is 1. The van der Waals surface area contributed by atoms with Gasteiger partial charge in [0.1, 0.15) is 6.54 Å². The Morgan fingerprint density at radius 1 is 1.38 bits per heavy atom. The van der Waals surface area contributed by atoms with Crippen molar-refractivity contribution in [1.29, 1.82) is 5.26 Å². The van der Waals surface area contributed by atoms with Crippen LogP contribution in [-0.2, 0) is 4.79 Å². The van der Waals surface area contributed by atoms with Gasteiger partial charge in [0.25, 0.3) is 0 Å². The molecule has 0 heterocycles. The van der Waals surface area contributed by atoms with Crippen LogP contribution >= 0.6 is 11.6 Å². The molecule has 1 saturated carbocycles. The number of nitriles is 1. The van der Waals surface area contributed by atoms with Crippen LogP contribution in [0.2, 0.25) is 5.02 Å². The number of halogens is 1. The molecule has 1 atom stereocenters. The van der Waals surface area contributed by atoms with Crippen molar-refractivity contribution in [2.45, 2.75) is 44.2 Å². The van der Waals surface area contributed by atoms with Gasteiger partial charge in [-0.1, -0.05) is 36.6 Å². The van der Waals surface area contributed by atoms with E-state index in [4.69, 9.17) is 16.9 Å². The van der Waals surface area contributed by atoms with Gasteiger partial charge < -0.3 is 10.0 Å². The number of aliphatic hydroxyl groups excluding tert-OH is 1. The summed E-state index contributed by atoms with van der Waals surface area (Å²) in [7, 11) is 0. The van der Waals surface area contributed by atoms with Crippen molar-refractivity contribution >= 4 is 17.5 Å². The summed E-state index contributed by atoms with van der Waals surface area (Å²) in [6.45, 7) is 0.0941. The number of nitrogens with zero attached hydrogens (tertiary/aromatic N) is 2. The monoisotopic (exact) mass is 306 g/mol. The number of hydrogen-bond acceptors (Lipinski definition) is 3. The molecule has 5 heteroatoms. The van der Waals surface area contributed by atoms with Crippen LogP contribution in [0.3, 0.4) is 0 Å². The normalized spacial score (nSPS) is 16.4. The van der Waals surface area contributed by atoms with E-state index in [0.717, 1.165) is 25.7 Å². The molecule has 1 aromatic carbocycles. The average Bonchev–Trinajstić information content (AvgIpc) is 2.99. The SMILES string of the molecule is N#CCN(C(=O)CC(O)c1ccc(Cl)cc1)C1CCCC1. The predicted molar refractivity (Wildman–Crippen MR) is 80.6 cm³/mol. The summed E-state index contributed by atoms with van der Waals surface area (Å²) in [6.07, 6.45) is 3.23. The fourth-order valence-corrected chi connectivity index (χ4v) is 2.92. The van der Waals surface area contributed by atoms with Gasteiger partial charge in [0, 0.05) is 11.1 Å². The van der Waals surface area contributed by atoms with Crippen LogP contribution in [0.4, 0.5) is 0 Å². The average molecular weight is 307 g/mol. The van der Waals surface area contributed by atoms with E-state index in [-0.39, 0.29) is 24.9 Å². The van der Waals surface area contributed by atoms with Gasteiger partial charge in [-0.3, -0.25) is 4.79 Å². The van der Waals surface area contributed by atoms with E-state index in [1.54, 1.807) is 29.2 Å². The van der Waals surface area contributed by atoms with Crippen molar-refractivity contribution in [3.05, 3.63) is 34.9 Å². The molecule has 1 aliphatic rings. The highest BCUT2D eigenvalue weighted by molar-refractivity contribution is 6.30. The molecule has 1 N–H and O–H groups in total. The highest BCUT2D eigenvalue weighted by Gasteiger charge is 2.27. The number of carbonyl (C=O) groups is 1. The second kappa shape index (κ2) is 7.44. The Labute approximate surface area is 129 Å².